The Morgan fingerprint density at radius 3 is 1.66 bits per heavy atom. The first-order valence-electron chi connectivity index (χ1n) is 11.8. The summed E-state index contributed by atoms with van der Waals surface area (Å²) in [6, 6.07) is 17.1. The van der Waals surface area contributed by atoms with Crippen molar-refractivity contribution in [3.05, 3.63) is 71.8 Å². The van der Waals surface area contributed by atoms with Crippen molar-refractivity contribution in [2.45, 2.75) is 39.0 Å². The highest BCUT2D eigenvalue weighted by molar-refractivity contribution is 5.89. The zero-order valence-corrected chi connectivity index (χ0v) is 20.0. The molecule has 2 aromatic rings. The molecule has 0 aliphatic heterocycles. The molecule has 0 aliphatic rings. The summed E-state index contributed by atoms with van der Waals surface area (Å²) in [5.41, 5.74) is 0.867. The Morgan fingerprint density at radius 2 is 1.14 bits per heavy atom. The molecule has 0 saturated carbocycles. The fourth-order valence-electron chi connectivity index (χ4n) is 3.29. The van der Waals surface area contributed by atoms with Crippen LogP contribution in [0.25, 0.3) is 0 Å². The Hall–Kier alpha value is -3.68. The number of carbonyl (C=O) groups excluding carboxylic acids is 4. The smallest absolute Gasteiger partial charge is 0.338 e. The van der Waals surface area contributed by atoms with Gasteiger partial charge in [0.25, 0.3) is 0 Å². The topological polar surface area (TPSA) is 105 Å². The van der Waals surface area contributed by atoms with E-state index in [1.807, 2.05) is 6.92 Å². The zero-order valence-electron chi connectivity index (χ0n) is 20.0. The van der Waals surface area contributed by atoms with Crippen LogP contribution >= 0.6 is 0 Å². The highest BCUT2D eigenvalue weighted by Crippen LogP contribution is 2.17. The fourth-order valence-corrected chi connectivity index (χ4v) is 3.29. The first kappa shape index (κ1) is 27.6. The van der Waals surface area contributed by atoms with Crippen LogP contribution in [0.5, 0.6) is 0 Å². The number of esters is 4. The molecule has 188 valence electrons. The molecule has 0 saturated heterocycles. The molecule has 0 bridgehead atoms. The Labute approximate surface area is 205 Å². The monoisotopic (exact) mass is 484 g/mol. The highest BCUT2D eigenvalue weighted by atomic mass is 16.6. The quantitative estimate of drug-likeness (QED) is 0.208. The normalized spacial score (nSPS) is 11.2. The number of hydrogen-bond acceptors (Lipinski definition) is 8. The predicted molar refractivity (Wildman–Crippen MR) is 128 cm³/mol. The van der Waals surface area contributed by atoms with E-state index in [-0.39, 0.29) is 44.7 Å². The van der Waals surface area contributed by atoms with E-state index in [0.29, 0.717) is 30.4 Å². The van der Waals surface area contributed by atoms with Gasteiger partial charge >= 0.3 is 23.9 Å². The molecule has 0 aliphatic carbocycles. The van der Waals surface area contributed by atoms with E-state index < -0.39 is 17.9 Å². The number of rotatable bonds is 15. The van der Waals surface area contributed by atoms with Crippen molar-refractivity contribution in [2.24, 2.45) is 5.92 Å². The second-order valence-electron chi connectivity index (χ2n) is 7.77. The molecule has 0 spiro atoms. The van der Waals surface area contributed by atoms with E-state index >= 15 is 0 Å². The first-order valence-corrected chi connectivity index (χ1v) is 11.8. The van der Waals surface area contributed by atoms with E-state index in [0.717, 1.165) is 6.42 Å². The second-order valence-corrected chi connectivity index (χ2v) is 7.77. The number of carbonyl (C=O) groups is 4. The molecule has 1 atom stereocenters. The van der Waals surface area contributed by atoms with Crippen LogP contribution in [0.3, 0.4) is 0 Å². The van der Waals surface area contributed by atoms with E-state index in [1.54, 1.807) is 60.7 Å². The third-order valence-corrected chi connectivity index (χ3v) is 5.06. The third-order valence-electron chi connectivity index (χ3n) is 5.06. The Balaban J connectivity index is 1.58. The van der Waals surface area contributed by atoms with Gasteiger partial charge in [0.05, 0.1) is 17.0 Å². The predicted octanol–water partition coefficient (Wildman–Crippen LogP) is 4.37. The van der Waals surface area contributed by atoms with Gasteiger partial charge in [-0.15, -0.1) is 0 Å². The van der Waals surface area contributed by atoms with Crippen LogP contribution in [0.4, 0.5) is 0 Å². The van der Waals surface area contributed by atoms with Gasteiger partial charge in [-0.25, -0.2) is 9.59 Å². The third kappa shape index (κ3) is 10.9. The molecule has 2 aromatic carbocycles. The summed E-state index contributed by atoms with van der Waals surface area (Å²) in [6.07, 6.45) is 2.52. The zero-order chi connectivity index (χ0) is 25.3. The number of benzene rings is 2. The molecule has 35 heavy (non-hydrogen) atoms. The van der Waals surface area contributed by atoms with Crippen LogP contribution in [0.2, 0.25) is 0 Å². The maximum atomic E-state index is 12.4. The lowest BCUT2D eigenvalue weighted by Gasteiger charge is -2.15. The van der Waals surface area contributed by atoms with Crippen LogP contribution in [0, 0.1) is 5.92 Å². The van der Waals surface area contributed by atoms with Crippen LogP contribution in [-0.2, 0) is 28.5 Å². The Bertz CT molecular complexity index is 927. The second kappa shape index (κ2) is 16.0. The van der Waals surface area contributed by atoms with Gasteiger partial charge in [0, 0.05) is 6.42 Å². The summed E-state index contributed by atoms with van der Waals surface area (Å²) in [5, 5.41) is 0. The lowest BCUT2D eigenvalue weighted by Crippen LogP contribution is -2.21. The SMILES string of the molecule is CCCC(CCCC(=O)OCCOC(=O)c1ccccc1)C(=O)OCCOC(=O)c1ccccc1. The van der Waals surface area contributed by atoms with Crippen molar-refractivity contribution in [3.8, 4) is 0 Å². The minimum absolute atomic E-state index is 0.0264. The van der Waals surface area contributed by atoms with E-state index in [1.165, 1.54) is 0 Å². The van der Waals surface area contributed by atoms with Gasteiger partial charge in [-0.1, -0.05) is 49.7 Å². The van der Waals surface area contributed by atoms with E-state index in [9.17, 15) is 19.2 Å². The van der Waals surface area contributed by atoms with Gasteiger partial charge in [-0.2, -0.15) is 0 Å². The summed E-state index contributed by atoms with van der Waals surface area (Å²) in [6.45, 7) is 1.85. The molecular weight excluding hydrogens is 452 g/mol. The van der Waals surface area contributed by atoms with Crippen LogP contribution in [0.1, 0.15) is 59.7 Å². The van der Waals surface area contributed by atoms with Crippen molar-refractivity contribution in [2.75, 3.05) is 26.4 Å². The molecule has 0 fully saturated rings. The molecule has 0 N–H and O–H groups in total. The van der Waals surface area contributed by atoms with Crippen LogP contribution in [0.15, 0.2) is 60.7 Å². The van der Waals surface area contributed by atoms with Crippen molar-refractivity contribution in [1.29, 1.82) is 0 Å². The molecule has 2 rings (SSSR count). The minimum atomic E-state index is -0.475. The van der Waals surface area contributed by atoms with Crippen LogP contribution in [-0.4, -0.2) is 50.3 Å². The maximum absolute atomic E-state index is 12.4. The van der Waals surface area contributed by atoms with Gasteiger partial charge in [-0.3, -0.25) is 9.59 Å². The van der Waals surface area contributed by atoms with Gasteiger partial charge < -0.3 is 18.9 Å². The summed E-state index contributed by atoms with van der Waals surface area (Å²) in [5.74, 6) is -2.08. The lowest BCUT2D eigenvalue weighted by atomic mass is 9.97. The molecule has 0 heterocycles. The average molecular weight is 485 g/mol. The van der Waals surface area contributed by atoms with Crippen molar-refractivity contribution in [3.63, 3.8) is 0 Å². The van der Waals surface area contributed by atoms with Crippen LogP contribution < -0.4 is 0 Å². The fraction of sp³-hybridized carbons (Fsp3) is 0.407. The molecule has 0 aromatic heterocycles. The average Bonchev–Trinajstić information content (AvgIpc) is 2.89. The molecule has 8 nitrogen and oxygen atoms in total. The van der Waals surface area contributed by atoms with Crippen molar-refractivity contribution < 1.29 is 38.1 Å². The van der Waals surface area contributed by atoms with Crippen molar-refractivity contribution >= 4 is 23.9 Å². The standard InChI is InChI=1S/C27H32O8/c1-2-10-21(25(29)34-19-20-35-27(31)23-13-7-4-8-14-23)15-9-16-24(28)32-17-18-33-26(30)22-11-5-3-6-12-22/h3-8,11-14,21H,2,9-10,15-20H2,1H3. The summed E-state index contributed by atoms with van der Waals surface area (Å²) < 4.78 is 20.5. The van der Waals surface area contributed by atoms with Gasteiger partial charge in [0.2, 0.25) is 0 Å². The number of ether oxygens (including phenoxy) is 4. The highest BCUT2D eigenvalue weighted by Gasteiger charge is 2.20. The van der Waals surface area contributed by atoms with Gasteiger partial charge in [-0.05, 0) is 43.5 Å². The molecule has 1 unspecified atom stereocenters. The van der Waals surface area contributed by atoms with E-state index in [4.69, 9.17) is 18.9 Å². The summed E-state index contributed by atoms with van der Waals surface area (Å²) >= 11 is 0. The molecule has 0 amide bonds. The molecule has 8 heteroatoms. The maximum Gasteiger partial charge on any atom is 0.338 e. The van der Waals surface area contributed by atoms with Gasteiger partial charge in [0.1, 0.15) is 26.4 Å². The lowest BCUT2D eigenvalue weighted by molar-refractivity contribution is -0.151. The summed E-state index contributed by atoms with van der Waals surface area (Å²) in [7, 11) is 0. The Morgan fingerprint density at radius 1 is 0.657 bits per heavy atom. The van der Waals surface area contributed by atoms with E-state index in [2.05, 4.69) is 0 Å². The first-order chi connectivity index (χ1) is 17.0. The minimum Gasteiger partial charge on any atom is -0.462 e. The summed E-state index contributed by atoms with van der Waals surface area (Å²) in [4.78, 5) is 48.0. The van der Waals surface area contributed by atoms with Gasteiger partial charge in [0.15, 0.2) is 0 Å². The number of hydrogen-bond donors (Lipinski definition) is 0. The van der Waals surface area contributed by atoms with Crippen molar-refractivity contribution in [1.82, 2.24) is 0 Å². The molecular formula is C27H32O8. The Kier molecular flexibility index (Phi) is 12.6. The largest absolute Gasteiger partial charge is 0.462 e. The molecule has 0 radical (unpaired) electrons.